The smallest absolute Gasteiger partial charge is 0.251 e. The van der Waals surface area contributed by atoms with Crippen molar-refractivity contribution in [1.82, 2.24) is 9.88 Å². The molecule has 0 radical (unpaired) electrons. The molecule has 23 heavy (non-hydrogen) atoms. The van der Waals surface area contributed by atoms with Crippen molar-refractivity contribution < 1.29 is 4.74 Å². The molecular formula is C19H28N2O2. The van der Waals surface area contributed by atoms with Crippen molar-refractivity contribution in [2.75, 3.05) is 26.2 Å². The highest BCUT2D eigenvalue weighted by Gasteiger charge is 2.34. The third-order valence-corrected chi connectivity index (χ3v) is 6.18. The highest BCUT2D eigenvalue weighted by atomic mass is 16.5. The van der Waals surface area contributed by atoms with Crippen molar-refractivity contribution in [1.29, 1.82) is 0 Å². The first-order chi connectivity index (χ1) is 11.3. The number of hydrogen-bond donors (Lipinski definition) is 1. The van der Waals surface area contributed by atoms with Crippen LogP contribution in [0.1, 0.15) is 55.6 Å². The van der Waals surface area contributed by atoms with E-state index in [9.17, 15) is 4.79 Å². The Labute approximate surface area is 138 Å². The van der Waals surface area contributed by atoms with Gasteiger partial charge in [-0.15, -0.1) is 0 Å². The van der Waals surface area contributed by atoms with Gasteiger partial charge >= 0.3 is 0 Å². The van der Waals surface area contributed by atoms with Gasteiger partial charge < -0.3 is 14.6 Å². The van der Waals surface area contributed by atoms with Gasteiger partial charge in [0.05, 0.1) is 12.7 Å². The Hall–Kier alpha value is -1.13. The lowest BCUT2D eigenvalue weighted by molar-refractivity contribution is -0.0684. The molecule has 5 rings (SSSR count). The van der Waals surface area contributed by atoms with E-state index in [1.165, 1.54) is 57.2 Å². The molecule has 2 bridgehead atoms. The van der Waals surface area contributed by atoms with Crippen LogP contribution >= 0.6 is 0 Å². The maximum Gasteiger partial charge on any atom is 0.251 e. The Bertz CT molecular complexity index is 583. The van der Waals surface area contributed by atoms with Crippen molar-refractivity contribution in [2.24, 2.45) is 5.92 Å². The maximum absolute atomic E-state index is 12.3. The molecule has 1 aromatic rings. The van der Waals surface area contributed by atoms with Crippen LogP contribution in [-0.4, -0.2) is 42.2 Å². The van der Waals surface area contributed by atoms with E-state index in [4.69, 9.17) is 4.74 Å². The van der Waals surface area contributed by atoms with Crippen LogP contribution < -0.4 is 5.56 Å². The molecule has 0 spiro atoms. The Balaban J connectivity index is 1.40. The van der Waals surface area contributed by atoms with E-state index in [1.54, 1.807) is 0 Å². The van der Waals surface area contributed by atoms with E-state index in [2.05, 4.69) is 16.0 Å². The number of nitrogens with zero attached hydrogens (tertiary/aromatic N) is 1. The van der Waals surface area contributed by atoms with Gasteiger partial charge in [0.1, 0.15) is 0 Å². The Morgan fingerprint density at radius 3 is 2.65 bits per heavy atom. The number of ether oxygens (including phenoxy) is 1. The first kappa shape index (κ1) is 15.4. The molecule has 3 saturated heterocycles. The SMILES string of the molecule is O=c1[nH]ccc(C2CCCC2)c1CCOC1CN2CCC1CC2. The van der Waals surface area contributed by atoms with Gasteiger partial charge in [-0.1, -0.05) is 12.8 Å². The van der Waals surface area contributed by atoms with Crippen LogP contribution in [0.3, 0.4) is 0 Å². The summed E-state index contributed by atoms with van der Waals surface area (Å²) in [5, 5.41) is 0. The van der Waals surface area contributed by atoms with Crippen LogP contribution in [0.4, 0.5) is 0 Å². The predicted octanol–water partition coefficient (Wildman–Crippen LogP) is 2.69. The third kappa shape index (κ3) is 3.24. The fourth-order valence-electron chi connectivity index (χ4n) is 4.82. The lowest BCUT2D eigenvalue weighted by Crippen LogP contribution is -2.51. The maximum atomic E-state index is 12.3. The molecule has 126 valence electrons. The zero-order chi connectivity index (χ0) is 15.6. The van der Waals surface area contributed by atoms with E-state index in [-0.39, 0.29) is 5.56 Å². The van der Waals surface area contributed by atoms with Gasteiger partial charge in [0.15, 0.2) is 0 Å². The van der Waals surface area contributed by atoms with Crippen LogP contribution in [0.25, 0.3) is 0 Å². The number of aromatic nitrogens is 1. The van der Waals surface area contributed by atoms with E-state index >= 15 is 0 Å². The van der Waals surface area contributed by atoms with Crippen LogP contribution in [0.15, 0.2) is 17.1 Å². The zero-order valence-electron chi connectivity index (χ0n) is 13.9. The molecule has 1 aliphatic carbocycles. The second-order valence-corrected chi connectivity index (χ2v) is 7.52. The van der Waals surface area contributed by atoms with Gasteiger partial charge in [-0.2, -0.15) is 0 Å². The number of H-pyrrole nitrogens is 1. The minimum atomic E-state index is 0.0897. The Morgan fingerprint density at radius 1 is 1.17 bits per heavy atom. The highest BCUT2D eigenvalue weighted by molar-refractivity contribution is 5.28. The number of rotatable bonds is 5. The summed E-state index contributed by atoms with van der Waals surface area (Å²) in [6, 6.07) is 2.13. The summed E-state index contributed by atoms with van der Waals surface area (Å²) in [6.07, 6.45) is 10.6. The van der Waals surface area contributed by atoms with Crippen molar-refractivity contribution in [3.63, 3.8) is 0 Å². The summed E-state index contributed by atoms with van der Waals surface area (Å²) in [7, 11) is 0. The van der Waals surface area contributed by atoms with Crippen LogP contribution in [0.2, 0.25) is 0 Å². The Morgan fingerprint density at radius 2 is 1.96 bits per heavy atom. The highest BCUT2D eigenvalue weighted by Crippen LogP contribution is 2.35. The first-order valence-corrected chi connectivity index (χ1v) is 9.35. The van der Waals surface area contributed by atoms with Crippen molar-refractivity contribution in [3.8, 4) is 0 Å². The minimum absolute atomic E-state index is 0.0897. The predicted molar refractivity (Wildman–Crippen MR) is 90.9 cm³/mol. The molecule has 0 amide bonds. The van der Waals surface area contributed by atoms with Gasteiger partial charge in [0, 0.05) is 24.7 Å². The van der Waals surface area contributed by atoms with Gasteiger partial charge in [0.2, 0.25) is 0 Å². The molecule has 0 aromatic carbocycles. The third-order valence-electron chi connectivity index (χ3n) is 6.18. The van der Waals surface area contributed by atoms with Gasteiger partial charge in [-0.25, -0.2) is 0 Å². The van der Waals surface area contributed by atoms with Crippen molar-refractivity contribution in [2.45, 2.75) is 57.0 Å². The number of nitrogens with one attached hydrogen (secondary N) is 1. The molecule has 1 atom stereocenters. The molecule has 4 fully saturated rings. The van der Waals surface area contributed by atoms with E-state index < -0.39 is 0 Å². The number of piperidine rings is 3. The number of aromatic amines is 1. The average Bonchev–Trinajstić information content (AvgIpc) is 3.12. The zero-order valence-corrected chi connectivity index (χ0v) is 13.9. The van der Waals surface area contributed by atoms with Gasteiger partial charge in [-0.05, 0) is 62.2 Å². The second-order valence-electron chi connectivity index (χ2n) is 7.52. The monoisotopic (exact) mass is 316 g/mol. The van der Waals surface area contributed by atoms with Crippen LogP contribution in [0.5, 0.6) is 0 Å². The van der Waals surface area contributed by atoms with Crippen LogP contribution in [0, 0.1) is 5.92 Å². The summed E-state index contributed by atoms with van der Waals surface area (Å²) in [6.45, 7) is 4.26. The van der Waals surface area contributed by atoms with Gasteiger partial charge in [-0.3, -0.25) is 4.79 Å². The molecule has 4 heteroatoms. The first-order valence-electron chi connectivity index (χ1n) is 9.35. The number of pyridine rings is 1. The second kappa shape index (κ2) is 6.78. The number of fused-ring (bicyclic) bond motifs is 3. The van der Waals surface area contributed by atoms with E-state index in [1.807, 2.05) is 6.20 Å². The fourth-order valence-corrected chi connectivity index (χ4v) is 4.82. The number of hydrogen-bond acceptors (Lipinski definition) is 3. The molecule has 4 heterocycles. The lowest BCUT2D eigenvalue weighted by atomic mass is 9.86. The van der Waals surface area contributed by atoms with E-state index in [0.717, 1.165) is 24.4 Å². The topological polar surface area (TPSA) is 45.3 Å². The summed E-state index contributed by atoms with van der Waals surface area (Å²) in [5.41, 5.74) is 2.34. The van der Waals surface area contributed by atoms with Crippen molar-refractivity contribution in [3.05, 3.63) is 33.7 Å². The molecule has 1 saturated carbocycles. The van der Waals surface area contributed by atoms with Crippen LogP contribution in [-0.2, 0) is 11.2 Å². The molecule has 4 nitrogen and oxygen atoms in total. The normalized spacial score (nSPS) is 30.9. The molecule has 1 N–H and O–H groups in total. The standard InChI is InChI=1S/C19H28N2O2/c22-19-17(16(5-9-20-19)14-3-1-2-4-14)8-12-23-18-13-21-10-6-15(18)7-11-21/h5,9,14-15,18H,1-4,6-8,10-13H2,(H,20,22). The molecule has 3 aliphatic heterocycles. The quantitative estimate of drug-likeness (QED) is 0.908. The van der Waals surface area contributed by atoms with Gasteiger partial charge in [0.25, 0.3) is 5.56 Å². The summed E-state index contributed by atoms with van der Waals surface area (Å²) in [5.74, 6) is 1.33. The molecule has 1 unspecified atom stereocenters. The average molecular weight is 316 g/mol. The largest absolute Gasteiger partial charge is 0.376 e. The minimum Gasteiger partial charge on any atom is -0.376 e. The Kier molecular flexibility index (Phi) is 4.54. The summed E-state index contributed by atoms with van der Waals surface area (Å²) >= 11 is 0. The lowest BCUT2D eigenvalue weighted by Gasteiger charge is -2.44. The fraction of sp³-hybridized carbons (Fsp3) is 0.737. The van der Waals surface area contributed by atoms with E-state index in [0.29, 0.717) is 18.6 Å². The summed E-state index contributed by atoms with van der Waals surface area (Å²) < 4.78 is 6.20. The molecule has 4 aliphatic rings. The molecular weight excluding hydrogens is 288 g/mol. The molecule has 1 aromatic heterocycles. The summed E-state index contributed by atoms with van der Waals surface area (Å²) in [4.78, 5) is 17.7. The van der Waals surface area contributed by atoms with Crippen molar-refractivity contribution >= 4 is 0 Å².